The van der Waals surface area contributed by atoms with Crippen LogP contribution in [0.4, 0.5) is 4.39 Å². The van der Waals surface area contributed by atoms with Gasteiger partial charge in [0.1, 0.15) is 17.7 Å². The highest BCUT2D eigenvalue weighted by atomic mass is 19.1. The summed E-state index contributed by atoms with van der Waals surface area (Å²) in [6.45, 7) is 3.91. The third kappa shape index (κ3) is 2.70. The summed E-state index contributed by atoms with van der Waals surface area (Å²) in [5, 5.41) is 2.74. The van der Waals surface area contributed by atoms with Crippen LogP contribution in [-0.4, -0.2) is 17.8 Å². The van der Waals surface area contributed by atoms with Crippen molar-refractivity contribution in [3.05, 3.63) is 35.6 Å². The number of nitrogens with one attached hydrogen (secondary N) is 1. The Morgan fingerprint density at radius 3 is 2.82 bits per heavy atom. The van der Waals surface area contributed by atoms with Crippen LogP contribution in [0.3, 0.4) is 0 Å². The third-order valence-corrected chi connectivity index (χ3v) is 2.72. The largest absolute Gasteiger partial charge is 0.312 e. The smallest absolute Gasteiger partial charge is 0.250 e. The molecule has 1 N–H and O–H groups in total. The van der Waals surface area contributed by atoms with Gasteiger partial charge in [0, 0.05) is 6.42 Å². The molecule has 0 fully saturated rings. The number of aliphatic imine (C=N–C) groups is 1. The SMILES string of the molecule is CC(C)C1N=C(Cc2cccc(F)c2)NC1=O. The van der Waals surface area contributed by atoms with Crippen LogP contribution in [0, 0.1) is 11.7 Å². The fourth-order valence-corrected chi connectivity index (χ4v) is 1.86. The van der Waals surface area contributed by atoms with Crippen LogP contribution in [0.2, 0.25) is 0 Å². The standard InChI is InChI=1S/C13H15FN2O/c1-8(2)12-13(17)16-11(15-12)7-9-4-3-5-10(14)6-9/h3-6,8,12H,7H2,1-2H3,(H,15,16,17). The molecule has 1 unspecified atom stereocenters. The van der Waals surface area contributed by atoms with Crippen molar-refractivity contribution < 1.29 is 9.18 Å². The van der Waals surface area contributed by atoms with Crippen LogP contribution in [0.15, 0.2) is 29.3 Å². The molecule has 0 saturated heterocycles. The van der Waals surface area contributed by atoms with Crippen molar-refractivity contribution in [2.45, 2.75) is 26.3 Å². The van der Waals surface area contributed by atoms with Crippen molar-refractivity contribution in [1.29, 1.82) is 0 Å². The lowest BCUT2D eigenvalue weighted by atomic mass is 10.1. The number of rotatable bonds is 3. The first kappa shape index (κ1) is 11.8. The number of amidine groups is 1. The van der Waals surface area contributed by atoms with E-state index in [4.69, 9.17) is 0 Å². The van der Waals surface area contributed by atoms with Gasteiger partial charge >= 0.3 is 0 Å². The Morgan fingerprint density at radius 2 is 2.24 bits per heavy atom. The van der Waals surface area contributed by atoms with Gasteiger partial charge in [-0.3, -0.25) is 9.79 Å². The van der Waals surface area contributed by atoms with Gasteiger partial charge in [-0.25, -0.2) is 4.39 Å². The zero-order chi connectivity index (χ0) is 12.4. The van der Waals surface area contributed by atoms with Crippen molar-refractivity contribution in [3.8, 4) is 0 Å². The minimum Gasteiger partial charge on any atom is -0.312 e. The molecule has 0 spiro atoms. The maximum atomic E-state index is 13.0. The first-order chi connectivity index (χ1) is 8.06. The number of carbonyl (C=O) groups is 1. The molecule has 2 rings (SSSR count). The molecule has 1 heterocycles. The van der Waals surface area contributed by atoms with E-state index in [2.05, 4.69) is 10.3 Å². The minimum absolute atomic E-state index is 0.0635. The van der Waals surface area contributed by atoms with Crippen molar-refractivity contribution in [2.24, 2.45) is 10.9 Å². The summed E-state index contributed by atoms with van der Waals surface area (Å²) >= 11 is 0. The number of carbonyl (C=O) groups excluding carboxylic acids is 1. The van der Waals surface area contributed by atoms with Crippen LogP contribution in [0.25, 0.3) is 0 Å². The Bertz CT molecular complexity index is 468. The third-order valence-electron chi connectivity index (χ3n) is 2.72. The molecule has 1 aromatic carbocycles. The first-order valence-corrected chi connectivity index (χ1v) is 5.68. The molecule has 0 aromatic heterocycles. The number of halogens is 1. The van der Waals surface area contributed by atoms with E-state index >= 15 is 0 Å². The molecule has 17 heavy (non-hydrogen) atoms. The molecular weight excluding hydrogens is 219 g/mol. The lowest BCUT2D eigenvalue weighted by molar-refractivity contribution is -0.120. The lowest BCUT2D eigenvalue weighted by Gasteiger charge is -2.06. The number of hydrogen-bond donors (Lipinski definition) is 1. The highest BCUT2D eigenvalue weighted by molar-refractivity contribution is 6.06. The van der Waals surface area contributed by atoms with E-state index in [9.17, 15) is 9.18 Å². The Kier molecular flexibility index (Phi) is 3.22. The maximum absolute atomic E-state index is 13.0. The van der Waals surface area contributed by atoms with Gasteiger partial charge in [-0.15, -0.1) is 0 Å². The van der Waals surface area contributed by atoms with Gasteiger partial charge in [-0.05, 0) is 23.6 Å². The van der Waals surface area contributed by atoms with E-state index in [0.29, 0.717) is 12.3 Å². The highest BCUT2D eigenvalue weighted by Crippen LogP contribution is 2.13. The van der Waals surface area contributed by atoms with E-state index < -0.39 is 0 Å². The monoisotopic (exact) mass is 234 g/mol. The molecule has 0 aliphatic carbocycles. The summed E-state index contributed by atoms with van der Waals surface area (Å²) in [7, 11) is 0. The van der Waals surface area contributed by atoms with Gasteiger partial charge in [0.05, 0.1) is 0 Å². The normalized spacial score (nSPS) is 19.4. The van der Waals surface area contributed by atoms with Crippen LogP contribution in [0.1, 0.15) is 19.4 Å². The fourth-order valence-electron chi connectivity index (χ4n) is 1.86. The van der Waals surface area contributed by atoms with Crippen molar-refractivity contribution in [3.63, 3.8) is 0 Å². The molecule has 0 bridgehead atoms. The van der Waals surface area contributed by atoms with E-state index in [0.717, 1.165) is 5.56 Å². The Morgan fingerprint density at radius 1 is 1.47 bits per heavy atom. The van der Waals surface area contributed by atoms with E-state index in [-0.39, 0.29) is 23.7 Å². The van der Waals surface area contributed by atoms with E-state index in [1.807, 2.05) is 19.9 Å². The molecular formula is C13H15FN2O. The van der Waals surface area contributed by atoms with Crippen LogP contribution in [0.5, 0.6) is 0 Å². The zero-order valence-electron chi connectivity index (χ0n) is 9.90. The lowest BCUT2D eigenvalue weighted by Crippen LogP contribution is -2.31. The van der Waals surface area contributed by atoms with Crippen molar-refractivity contribution in [2.75, 3.05) is 0 Å². The molecule has 90 valence electrons. The summed E-state index contributed by atoms with van der Waals surface area (Å²) < 4.78 is 13.0. The maximum Gasteiger partial charge on any atom is 0.250 e. The molecule has 1 aliphatic heterocycles. The van der Waals surface area contributed by atoms with Gasteiger partial charge in [0.25, 0.3) is 0 Å². The van der Waals surface area contributed by atoms with E-state index in [1.165, 1.54) is 12.1 Å². The van der Waals surface area contributed by atoms with Crippen LogP contribution < -0.4 is 5.32 Å². The van der Waals surface area contributed by atoms with Crippen molar-refractivity contribution in [1.82, 2.24) is 5.32 Å². The predicted molar refractivity (Wildman–Crippen MR) is 64.3 cm³/mol. The summed E-state index contributed by atoms with van der Waals surface area (Å²) in [6.07, 6.45) is 0.465. The molecule has 3 nitrogen and oxygen atoms in total. The number of amides is 1. The number of hydrogen-bond acceptors (Lipinski definition) is 2. The van der Waals surface area contributed by atoms with Gasteiger partial charge in [-0.2, -0.15) is 0 Å². The van der Waals surface area contributed by atoms with Gasteiger partial charge < -0.3 is 5.32 Å². The second kappa shape index (κ2) is 4.65. The summed E-state index contributed by atoms with van der Waals surface area (Å²) in [6, 6.07) is 6.02. The number of nitrogens with zero attached hydrogens (tertiary/aromatic N) is 1. The molecule has 1 atom stereocenters. The summed E-state index contributed by atoms with van der Waals surface area (Å²) in [5.41, 5.74) is 0.813. The quantitative estimate of drug-likeness (QED) is 0.853. The fraction of sp³-hybridized carbons (Fsp3) is 0.385. The van der Waals surface area contributed by atoms with Gasteiger partial charge in [0.15, 0.2) is 0 Å². The van der Waals surface area contributed by atoms with Crippen molar-refractivity contribution >= 4 is 11.7 Å². The van der Waals surface area contributed by atoms with Gasteiger partial charge in [0.2, 0.25) is 5.91 Å². The van der Waals surface area contributed by atoms with Crippen LogP contribution >= 0.6 is 0 Å². The second-order valence-corrected chi connectivity index (χ2v) is 4.56. The Balaban J connectivity index is 2.11. The molecule has 4 heteroatoms. The average Bonchev–Trinajstić information content (AvgIpc) is 2.59. The molecule has 1 aromatic rings. The summed E-state index contributed by atoms with van der Waals surface area (Å²) in [4.78, 5) is 15.9. The van der Waals surface area contributed by atoms with Gasteiger partial charge in [-0.1, -0.05) is 26.0 Å². The second-order valence-electron chi connectivity index (χ2n) is 4.56. The molecule has 0 radical (unpaired) electrons. The number of benzene rings is 1. The first-order valence-electron chi connectivity index (χ1n) is 5.68. The van der Waals surface area contributed by atoms with Crippen LogP contribution in [-0.2, 0) is 11.2 Å². The molecule has 0 saturated carbocycles. The zero-order valence-corrected chi connectivity index (χ0v) is 9.90. The Hall–Kier alpha value is -1.71. The molecule has 1 aliphatic rings. The van der Waals surface area contributed by atoms with E-state index in [1.54, 1.807) is 6.07 Å². The molecule has 1 amide bonds. The topological polar surface area (TPSA) is 41.5 Å². The summed E-state index contributed by atoms with van der Waals surface area (Å²) in [5.74, 6) is 0.471. The predicted octanol–water partition coefficient (Wildman–Crippen LogP) is 1.92. The minimum atomic E-state index is -0.307. The Labute approximate surface area is 99.8 Å². The average molecular weight is 234 g/mol. The highest BCUT2D eigenvalue weighted by Gasteiger charge is 2.28.